The van der Waals surface area contributed by atoms with Crippen LogP contribution in [0.4, 0.5) is 13.2 Å². The first-order valence-corrected chi connectivity index (χ1v) is 3.62. The number of hydrogen-bond donors (Lipinski definition) is 1. The second-order valence-corrected chi connectivity index (χ2v) is 2.75. The molecular weight excluding hydrogens is 185 g/mol. The van der Waals surface area contributed by atoms with Gasteiger partial charge in [-0.05, 0) is 13.8 Å². The van der Waals surface area contributed by atoms with Gasteiger partial charge in [0.05, 0.1) is 11.7 Å². The van der Waals surface area contributed by atoms with E-state index in [1.165, 1.54) is 13.8 Å². The molecule has 0 fully saturated rings. The van der Waals surface area contributed by atoms with Gasteiger partial charge in [-0.15, -0.1) is 0 Å². The largest absolute Gasteiger partial charge is 0.451 e. The fraction of sp³-hybridized carbons (Fsp3) is 0.571. The van der Waals surface area contributed by atoms with Gasteiger partial charge in [0, 0.05) is 0 Å². The minimum absolute atomic E-state index is 0.0928. The molecule has 0 radical (unpaired) electrons. The number of aryl methyl sites for hydroxylation is 1. The quantitative estimate of drug-likeness (QED) is 0.744. The molecule has 13 heavy (non-hydrogen) atoms. The van der Waals surface area contributed by atoms with E-state index in [2.05, 4.69) is 9.40 Å². The van der Waals surface area contributed by atoms with Crippen LogP contribution in [0.3, 0.4) is 0 Å². The van der Waals surface area contributed by atoms with Crippen molar-refractivity contribution in [3.05, 3.63) is 17.3 Å². The van der Waals surface area contributed by atoms with E-state index in [4.69, 9.17) is 5.73 Å². The van der Waals surface area contributed by atoms with E-state index in [1.807, 2.05) is 0 Å². The molecule has 6 heteroatoms. The zero-order valence-corrected chi connectivity index (χ0v) is 7.14. The minimum atomic E-state index is -4.50. The van der Waals surface area contributed by atoms with Crippen LogP contribution >= 0.6 is 0 Å². The molecule has 0 bridgehead atoms. The molecule has 2 N–H and O–H groups in total. The van der Waals surface area contributed by atoms with Gasteiger partial charge in [-0.1, -0.05) is 0 Å². The van der Waals surface area contributed by atoms with Crippen molar-refractivity contribution in [2.75, 3.05) is 0 Å². The molecular formula is C7H9F3N2O. The third-order valence-corrected chi connectivity index (χ3v) is 1.46. The van der Waals surface area contributed by atoms with Crippen LogP contribution in [0.15, 0.2) is 4.42 Å². The van der Waals surface area contributed by atoms with Crippen molar-refractivity contribution >= 4 is 0 Å². The van der Waals surface area contributed by atoms with Gasteiger partial charge in [0.2, 0.25) is 11.7 Å². The number of rotatable bonds is 1. The van der Waals surface area contributed by atoms with Crippen molar-refractivity contribution < 1.29 is 17.6 Å². The van der Waals surface area contributed by atoms with Gasteiger partial charge in [-0.2, -0.15) is 13.2 Å². The lowest BCUT2D eigenvalue weighted by molar-refractivity contribution is -0.154. The van der Waals surface area contributed by atoms with Gasteiger partial charge in [0.15, 0.2) is 0 Å². The number of nitrogens with zero attached hydrogens (tertiary/aromatic N) is 1. The number of aromatic nitrogens is 1. The summed E-state index contributed by atoms with van der Waals surface area (Å²) in [7, 11) is 0. The Morgan fingerprint density at radius 1 is 1.46 bits per heavy atom. The molecule has 0 spiro atoms. The summed E-state index contributed by atoms with van der Waals surface area (Å²) in [4.78, 5) is 3.56. The molecule has 1 aromatic rings. The summed E-state index contributed by atoms with van der Waals surface area (Å²) in [5.74, 6) is -1.16. The predicted octanol–water partition coefficient (Wildman–Crippen LogP) is 2.02. The third kappa shape index (κ3) is 2.00. The van der Waals surface area contributed by atoms with Gasteiger partial charge in [0.1, 0.15) is 0 Å². The van der Waals surface area contributed by atoms with E-state index in [9.17, 15) is 13.2 Å². The summed E-state index contributed by atoms with van der Waals surface area (Å²) >= 11 is 0. The molecule has 0 aliphatic carbocycles. The molecule has 0 amide bonds. The van der Waals surface area contributed by atoms with Crippen LogP contribution in [0.2, 0.25) is 0 Å². The van der Waals surface area contributed by atoms with Crippen molar-refractivity contribution in [2.24, 2.45) is 5.73 Å². The Labute approximate surface area is 72.7 Å². The summed E-state index contributed by atoms with van der Waals surface area (Å²) in [6.45, 7) is 2.74. The maximum absolute atomic E-state index is 12.2. The van der Waals surface area contributed by atoms with Crippen LogP contribution in [0.5, 0.6) is 0 Å². The van der Waals surface area contributed by atoms with Crippen molar-refractivity contribution in [3.8, 4) is 0 Å². The first-order valence-electron chi connectivity index (χ1n) is 3.62. The van der Waals surface area contributed by atoms with Crippen molar-refractivity contribution in [3.63, 3.8) is 0 Å². The molecule has 1 aromatic heterocycles. The normalized spacial score (nSPS) is 14.6. The minimum Gasteiger partial charge on any atom is -0.434 e. The lowest BCUT2D eigenvalue weighted by Crippen LogP contribution is -2.06. The second kappa shape index (κ2) is 3.02. The zero-order valence-electron chi connectivity index (χ0n) is 7.14. The van der Waals surface area contributed by atoms with Gasteiger partial charge in [-0.3, -0.25) is 0 Å². The number of halogens is 3. The van der Waals surface area contributed by atoms with Gasteiger partial charge in [0.25, 0.3) is 0 Å². The fourth-order valence-corrected chi connectivity index (χ4v) is 0.875. The standard InChI is InChI=1S/C7H9F3N2O/c1-3(11)6-12-4(2)5(13-6)7(8,9)10/h3H,11H2,1-2H3. The number of oxazole rings is 1. The molecule has 74 valence electrons. The SMILES string of the molecule is Cc1nc(C(C)N)oc1C(F)(F)F. The monoisotopic (exact) mass is 194 g/mol. The Kier molecular flexibility index (Phi) is 2.34. The molecule has 1 rings (SSSR count). The maximum atomic E-state index is 12.2. The maximum Gasteiger partial charge on any atom is 0.451 e. The summed E-state index contributed by atoms with van der Waals surface area (Å²) < 4.78 is 40.9. The molecule has 0 aromatic carbocycles. The van der Waals surface area contributed by atoms with Crippen LogP contribution < -0.4 is 5.73 Å². The summed E-state index contributed by atoms with van der Waals surface area (Å²) in [5.41, 5.74) is 5.13. The molecule has 0 aliphatic rings. The number of hydrogen-bond acceptors (Lipinski definition) is 3. The van der Waals surface area contributed by atoms with Crippen LogP contribution in [-0.4, -0.2) is 4.98 Å². The van der Waals surface area contributed by atoms with E-state index in [0.717, 1.165) is 0 Å². The molecule has 1 heterocycles. The van der Waals surface area contributed by atoms with Crippen LogP contribution in [0.1, 0.15) is 30.3 Å². The Balaban J connectivity index is 3.11. The Morgan fingerprint density at radius 3 is 2.23 bits per heavy atom. The molecule has 0 saturated heterocycles. The van der Waals surface area contributed by atoms with E-state index in [1.54, 1.807) is 0 Å². The number of alkyl halides is 3. The van der Waals surface area contributed by atoms with Crippen LogP contribution in [0, 0.1) is 6.92 Å². The zero-order chi connectivity index (χ0) is 10.2. The summed E-state index contributed by atoms with van der Waals surface area (Å²) in [6, 6.07) is -0.630. The lowest BCUT2D eigenvalue weighted by atomic mass is 10.3. The van der Waals surface area contributed by atoms with Gasteiger partial charge >= 0.3 is 6.18 Å². The molecule has 0 saturated carbocycles. The van der Waals surface area contributed by atoms with Crippen molar-refractivity contribution in [1.29, 1.82) is 0 Å². The highest BCUT2D eigenvalue weighted by molar-refractivity contribution is 5.12. The molecule has 3 nitrogen and oxygen atoms in total. The van der Waals surface area contributed by atoms with Gasteiger partial charge < -0.3 is 10.2 Å². The highest BCUT2D eigenvalue weighted by Gasteiger charge is 2.38. The highest BCUT2D eigenvalue weighted by atomic mass is 19.4. The predicted molar refractivity (Wildman–Crippen MR) is 38.8 cm³/mol. The first-order chi connectivity index (χ1) is 5.82. The lowest BCUT2D eigenvalue weighted by Gasteiger charge is -2.01. The Morgan fingerprint density at radius 2 is 2.00 bits per heavy atom. The average Bonchev–Trinajstić information content (AvgIpc) is 2.29. The molecule has 1 atom stereocenters. The van der Waals surface area contributed by atoms with E-state index >= 15 is 0 Å². The molecule has 0 aliphatic heterocycles. The van der Waals surface area contributed by atoms with Crippen molar-refractivity contribution in [2.45, 2.75) is 26.1 Å². The summed E-state index contributed by atoms with van der Waals surface area (Å²) in [6.07, 6.45) is -4.50. The third-order valence-electron chi connectivity index (χ3n) is 1.46. The van der Waals surface area contributed by atoms with E-state index in [0.29, 0.717) is 0 Å². The summed E-state index contributed by atoms with van der Waals surface area (Å²) in [5, 5.41) is 0. The second-order valence-electron chi connectivity index (χ2n) is 2.75. The fourth-order valence-electron chi connectivity index (χ4n) is 0.875. The Bertz CT molecular complexity index is 303. The average molecular weight is 194 g/mol. The smallest absolute Gasteiger partial charge is 0.434 e. The molecule has 1 unspecified atom stereocenters. The number of nitrogens with two attached hydrogens (primary N) is 1. The first kappa shape index (κ1) is 10.0. The highest BCUT2D eigenvalue weighted by Crippen LogP contribution is 2.33. The van der Waals surface area contributed by atoms with Crippen LogP contribution in [-0.2, 0) is 6.18 Å². The van der Waals surface area contributed by atoms with E-state index in [-0.39, 0.29) is 11.6 Å². The van der Waals surface area contributed by atoms with E-state index < -0.39 is 18.0 Å². The topological polar surface area (TPSA) is 52.0 Å². The van der Waals surface area contributed by atoms with Gasteiger partial charge in [-0.25, -0.2) is 4.98 Å². The van der Waals surface area contributed by atoms with Crippen molar-refractivity contribution in [1.82, 2.24) is 4.98 Å². The Hall–Kier alpha value is -1.04. The van der Waals surface area contributed by atoms with Crippen LogP contribution in [0.25, 0.3) is 0 Å².